The third-order valence-electron chi connectivity index (χ3n) is 3.43. The van der Waals surface area contributed by atoms with Gasteiger partial charge in [-0.05, 0) is 31.7 Å². The summed E-state index contributed by atoms with van der Waals surface area (Å²) >= 11 is 11.3. The highest BCUT2D eigenvalue weighted by Gasteiger charge is 2.62. The van der Waals surface area contributed by atoms with Gasteiger partial charge >= 0.3 is 12.4 Å². The van der Waals surface area contributed by atoms with Crippen molar-refractivity contribution in [1.29, 1.82) is 0 Å². The molecule has 3 rings (SSSR count). The van der Waals surface area contributed by atoms with Gasteiger partial charge in [-0.15, -0.1) is 0 Å². The van der Waals surface area contributed by atoms with Crippen LogP contribution in [-0.4, -0.2) is 39.6 Å². The summed E-state index contributed by atoms with van der Waals surface area (Å²) in [4.78, 5) is 15.5. The third-order valence-corrected chi connectivity index (χ3v) is 6.30. The first-order valence-corrected chi connectivity index (χ1v) is 10.0. The van der Waals surface area contributed by atoms with Crippen molar-refractivity contribution in [3.05, 3.63) is 22.7 Å². The van der Waals surface area contributed by atoms with Crippen LogP contribution in [0.5, 0.6) is 0 Å². The number of hydrogen-bond acceptors (Lipinski definition) is 8. The van der Waals surface area contributed by atoms with Gasteiger partial charge in [0.25, 0.3) is 5.13 Å². The van der Waals surface area contributed by atoms with Crippen LogP contribution in [0.3, 0.4) is 0 Å². The average molecular weight is 400 g/mol. The van der Waals surface area contributed by atoms with Gasteiger partial charge in [0.05, 0.1) is 12.7 Å². The van der Waals surface area contributed by atoms with E-state index in [1.807, 2.05) is 0 Å². The minimum atomic E-state index is -3.15. The number of nitrogens with zero attached hydrogens (tertiary/aromatic N) is 2. The number of ether oxygens (including phenoxy) is 1. The molecule has 5 unspecified atom stereocenters. The molecule has 12 heteroatoms. The summed E-state index contributed by atoms with van der Waals surface area (Å²) in [5, 5.41) is -2.56. The van der Waals surface area contributed by atoms with E-state index in [9.17, 15) is 4.79 Å². The van der Waals surface area contributed by atoms with Crippen LogP contribution in [0.25, 0.3) is 0 Å². The van der Waals surface area contributed by atoms with Crippen molar-refractivity contribution >= 4 is 35.9 Å². The Kier molecular flexibility index (Phi) is 4.76. The van der Waals surface area contributed by atoms with E-state index in [0.29, 0.717) is 0 Å². The zero-order chi connectivity index (χ0) is 17.7. The Morgan fingerprint density at radius 3 is 3.00 bits per heavy atom. The molecule has 0 aliphatic carbocycles. The van der Waals surface area contributed by atoms with E-state index in [2.05, 4.69) is 4.98 Å². The fourth-order valence-corrected chi connectivity index (χ4v) is 5.45. The number of rotatable bonds is 3. The van der Waals surface area contributed by atoms with Crippen molar-refractivity contribution in [1.82, 2.24) is 9.55 Å². The molecule has 2 fully saturated rings. The van der Waals surface area contributed by atoms with Crippen LogP contribution in [0.15, 0.2) is 17.1 Å². The monoisotopic (exact) mass is 399 g/mol. The number of halogens is 2. The molecule has 1 aromatic heterocycles. The minimum Gasteiger partial charge on any atom is -0.383 e. The topological polar surface area (TPSA) is 97.8 Å². The van der Waals surface area contributed by atoms with Crippen molar-refractivity contribution in [3.63, 3.8) is 0 Å². The summed E-state index contributed by atoms with van der Waals surface area (Å²) in [6.07, 6.45) is -2.55. The molecule has 3 heterocycles. The number of alkyl halides is 2. The molecule has 2 aliphatic heterocycles. The molecule has 0 spiro atoms. The molecule has 0 saturated carbocycles. The first-order chi connectivity index (χ1) is 11.1. The Morgan fingerprint density at radius 1 is 1.67 bits per heavy atom. The van der Waals surface area contributed by atoms with E-state index < -0.39 is 36.0 Å². The lowest BCUT2D eigenvalue weighted by Gasteiger charge is -2.35. The van der Waals surface area contributed by atoms with Gasteiger partial charge in [0.1, 0.15) is 18.0 Å². The first-order valence-electron chi connectivity index (χ1n) is 7.12. The highest BCUT2D eigenvalue weighted by atomic mass is 35.5. The molecule has 2 saturated heterocycles. The van der Waals surface area contributed by atoms with Crippen LogP contribution in [-0.2, 0) is 30.1 Å². The number of nitrogens with two attached hydrogens (primary N) is 1. The number of hydrogen-bond donors (Lipinski definition) is 1. The predicted molar refractivity (Wildman–Crippen MR) is 87.8 cm³/mol. The van der Waals surface area contributed by atoms with Crippen LogP contribution < -0.4 is 11.4 Å². The molecule has 2 N–H and O–H groups in total. The Labute approximate surface area is 147 Å². The maximum absolute atomic E-state index is 15.2. The molecule has 8 nitrogen and oxygen atoms in total. The van der Waals surface area contributed by atoms with E-state index in [4.69, 9.17) is 47.4 Å². The van der Waals surface area contributed by atoms with Crippen molar-refractivity contribution in [2.75, 3.05) is 12.3 Å². The van der Waals surface area contributed by atoms with Gasteiger partial charge in [0.2, 0.25) is 0 Å². The lowest BCUT2D eigenvalue weighted by atomic mass is 10.1. The molecule has 24 heavy (non-hydrogen) atoms. The summed E-state index contributed by atoms with van der Waals surface area (Å²) in [6.45, 7) is 0.301. The number of aromatic nitrogens is 2. The second-order valence-corrected chi connectivity index (χ2v) is 9.16. The average Bonchev–Trinajstić information content (AvgIpc) is 2.69. The number of fused-ring (bicyclic) bond motifs is 1. The molecule has 0 amide bonds. The molecule has 0 bridgehead atoms. The van der Waals surface area contributed by atoms with Gasteiger partial charge < -0.3 is 19.5 Å². The highest BCUT2D eigenvalue weighted by Crippen LogP contribution is 2.61. The van der Waals surface area contributed by atoms with E-state index in [0.717, 1.165) is 4.57 Å². The third kappa shape index (κ3) is 3.24. The molecule has 1 aromatic rings. The maximum atomic E-state index is 15.2. The summed E-state index contributed by atoms with van der Waals surface area (Å²) in [5.74, 6) is 0.00566. The van der Waals surface area contributed by atoms with Gasteiger partial charge in [0, 0.05) is 6.20 Å². The molecular formula is C12H16ClFN3O5PS. The zero-order valence-electron chi connectivity index (χ0n) is 12.8. The quantitative estimate of drug-likeness (QED) is 0.605. The second-order valence-electron chi connectivity index (χ2n) is 5.67. The Bertz CT molecular complexity index is 748. The fraction of sp³-hybridized carbons (Fsp3) is 0.667. The van der Waals surface area contributed by atoms with Gasteiger partial charge in [-0.25, -0.2) is 9.18 Å². The summed E-state index contributed by atoms with van der Waals surface area (Å²) in [5.41, 5.74) is 4.64. The van der Waals surface area contributed by atoms with Gasteiger partial charge in [-0.1, -0.05) is 11.6 Å². The SMILES string of the molecule is CC(C)OP1(=S)OCC2OC(n3ccc(N)nc3=O)C(F)(Cl)C2O1. The van der Waals surface area contributed by atoms with E-state index in [-0.39, 0.29) is 18.5 Å². The predicted octanol–water partition coefficient (Wildman–Crippen LogP) is 1.69. The lowest BCUT2D eigenvalue weighted by molar-refractivity contribution is -0.0656. The summed E-state index contributed by atoms with van der Waals surface area (Å²) in [7, 11) is 0. The number of nitrogen functional groups attached to an aromatic ring is 1. The second kappa shape index (κ2) is 6.28. The maximum Gasteiger partial charge on any atom is 0.351 e. The Hall–Kier alpha value is -0.610. The first kappa shape index (κ1) is 18.2. The summed E-state index contributed by atoms with van der Waals surface area (Å²) < 4.78 is 38.1. The Morgan fingerprint density at radius 2 is 2.38 bits per heavy atom. The standard InChI is InChI=1S/C12H16ClFN3O5PS/c1-6(2)21-23(24)19-5-7-9(22-23)12(13,14)10(20-7)17-4-3-8(15)16-11(17)18/h3-4,6-7,9-10H,5H2,1-2H3,(H2,15,16,18). The van der Waals surface area contributed by atoms with Gasteiger partial charge in [0.15, 0.2) is 6.23 Å². The van der Waals surface area contributed by atoms with Crippen molar-refractivity contribution in [2.24, 2.45) is 0 Å². The molecule has 5 atom stereocenters. The zero-order valence-corrected chi connectivity index (χ0v) is 15.3. The largest absolute Gasteiger partial charge is 0.383 e. The van der Waals surface area contributed by atoms with Crippen LogP contribution in [0, 0.1) is 0 Å². The van der Waals surface area contributed by atoms with Crippen LogP contribution in [0.2, 0.25) is 0 Å². The smallest absolute Gasteiger partial charge is 0.351 e. The summed E-state index contributed by atoms with van der Waals surface area (Å²) in [6, 6.07) is 1.34. The van der Waals surface area contributed by atoms with Gasteiger partial charge in [-0.3, -0.25) is 9.09 Å². The normalized spacial score (nSPS) is 39.1. The lowest BCUT2D eigenvalue weighted by Crippen LogP contribution is -2.44. The molecule has 0 aromatic carbocycles. The van der Waals surface area contributed by atoms with Crippen molar-refractivity contribution in [2.45, 2.75) is 43.5 Å². The molecule has 0 radical (unpaired) electrons. The fourth-order valence-electron chi connectivity index (χ4n) is 2.48. The van der Waals surface area contributed by atoms with Crippen molar-refractivity contribution < 1.29 is 22.7 Å². The van der Waals surface area contributed by atoms with Crippen LogP contribution in [0.4, 0.5) is 10.2 Å². The van der Waals surface area contributed by atoms with Gasteiger partial charge in [-0.2, -0.15) is 4.98 Å². The van der Waals surface area contributed by atoms with Crippen LogP contribution >= 0.6 is 18.3 Å². The minimum absolute atomic E-state index is 0.00566. The van der Waals surface area contributed by atoms with E-state index >= 15 is 4.39 Å². The van der Waals surface area contributed by atoms with Crippen molar-refractivity contribution in [3.8, 4) is 0 Å². The molecular weight excluding hydrogens is 384 g/mol. The molecule has 134 valence electrons. The van der Waals surface area contributed by atoms with E-state index in [1.54, 1.807) is 13.8 Å². The van der Waals surface area contributed by atoms with Crippen LogP contribution in [0.1, 0.15) is 20.1 Å². The number of anilines is 1. The van der Waals surface area contributed by atoms with E-state index in [1.165, 1.54) is 12.3 Å². The Balaban J connectivity index is 1.90. The highest BCUT2D eigenvalue weighted by molar-refractivity contribution is 8.07. The molecule has 2 aliphatic rings.